The first kappa shape index (κ1) is 19.6. The SMILES string of the molecule is COCC1=NN(C)C2c3cc(-c4cccnc4)ccc3-n3cnc(-c4nc(C)no4)c3CN12. The van der Waals surface area contributed by atoms with Crippen LogP contribution in [0.2, 0.25) is 0 Å². The Morgan fingerprint density at radius 3 is 2.88 bits per heavy atom. The zero-order chi connectivity index (χ0) is 22.5. The first-order valence-electron chi connectivity index (χ1n) is 10.6. The van der Waals surface area contributed by atoms with E-state index in [1.165, 1.54) is 0 Å². The smallest absolute Gasteiger partial charge is 0.278 e. The van der Waals surface area contributed by atoms with E-state index in [0.29, 0.717) is 30.6 Å². The molecule has 0 N–H and O–H groups in total. The second-order valence-corrected chi connectivity index (χ2v) is 8.10. The van der Waals surface area contributed by atoms with E-state index in [-0.39, 0.29) is 6.17 Å². The van der Waals surface area contributed by atoms with Crippen LogP contribution in [0.3, 0.4) is 0 Å². The van der Waals surface area contributed by atoms with Crippen molar-refractivity contribution in [1.29, 1.82) is 0 Å². The van der Waals surface area contributed by atoms with Crippen LogP contribution in [0.25, 0.3) is 28.4 Å². The van der Waals surface area contributed by atoms with Crippen molar-refractivity contribution in [2.75, 3.05) is 20.8 Å². The Kier molecular flexibility index (Phi) is 4.47. The van der Waals surface area contributed by atoms with Gasteiger partial charge >= 0.3 is 0 Å². The number of aromatic nitrogens is 5. The number of nitrogens with zero attached hydrogens (tertiary/aromatic N) is 8. The molecule has 1 unspecified atom stereocenters. The molecule has 10 nitrogen and oxygen atoms in total. The van der Waals surface area contributed by atoms with E-state index in [1.807, 2.05) is 30.6 Å². The Labute approximate surface area is 190 Å². The molecule has 5 heterocycles. The summed E-state index contributed by atoms with van der Waals surface area (Å²) >= 11 is 0. The summed E-state index contributed by atoms with van der Waals surface area (Å²) in [5.74, 6) is 1.83. The van der Waals surface area contributed by atoms with Gasteiger partial charge < -0.3 is 18.7 Å². The van der Waals surface area contributed by atoms with Gasteiger partial charge in [0.2, 0.25) is 0 Å². The first-order valence-corrected chi connectivity index (χ1v) is 10.6. The van der Waals surface area contributed by atoms with Crippen molar-refractivity contribution in [3.63, 3.8) is 0 Å². The van der Waals surface area contributed by atoms with Crippen molar-refractivity contribution in [1.82, 2.24) is 34.6 Å². The van der Waals surface area contributed by atoms with Crippen LogP contribution in [-0.2, 0) is 11.3 Å². The highest BCUT2D eigenvalue weighted by atomic mass is 16.5. The molecule has 0 fully saturated rings. The minimum absolute atomic E-state index is 0.0982. The van der Waals surface area contributed by atoms with Gasteiger partial charge in [0.25, 0.3) is 5.89 Å². The Hall–Kier alpha value is -4.05. The maximum Gasteiger partial charge on any atom is 0.278 e. The van der Waals surface area contributed by atoms with Gasteiger partial charge in [-0.2, -0.15) is 10.1 Å². The van der Waals surface area contributed by atoms with Gasteiger partial charge in [0.05, 0.1) is 17.9 Å². The van der Waals surface area contributed by atoms with Gasteiger partial charge in [-0.25, -0.2) is 4.98 Å². The number of ether oxygens (including phenoxy) is 1. The Morgan fingerprint density at radius 2 is 2.12 bits per heavy atom. The number of benzene rings is 1. The lowest BCUT2D eigenvalue weighted by Crippen LogP contribution is -2.34. The van der Waals surface area contributed by atoms with E-state index in [4.69, 9.17) is 14.4 Å². The molecule has 0 saturated carbocycles. The van der Waals surface area contributed by atoms with Gasteiger partial charge in [-0.1, -0.05) is 17.3 Å². The van der Waals surface area contributed by atoms with Crippen LogP contribution in [-0.4, -0.2) is 61.2 Å². The van der Waals surface area contributed by atoms with E-state index in [0.717, 1.165) is 33.9 Å². The van der Waals surface area contributed by atoms with Gasteiger partial charge in [0.1, 0.15) is 19.1 Å². The molecular weight excluding hydrogens is 420 g/mol. The molecule has 3 aromatic heterocycles. The van der Waals surface area contributed by atoms with Crippen LogP contribution in [0.1, 0.15) is 23.2 Å². The molecule has 1 atom stereocenters. The molecule has 4 aromatic rings. The summed E-state index contributed by atoms with van der Waals surface area (Å²) < 4.78 is 13.0. The van der Waals surface area contributed by atoms with Crippen molar-refractivity contribution < 1.29 is 9.26 Å². The maximum absolute atomic E-state index is 5.46. The monoisotopic (exact) mass is 442 g/mol. The van der Waals surface area contributed by atoms with E-state index in [9.17, 15) is 0 Å². The molecule has 10 heteroatoms. The predicted molar refractivity (Wildman–Crippen MR) is 120 cm³/mol. The van der Waals surface area contributed by atoms with Crippen molar-refractivity contribution in [2.24, 2.45) is 5.10 Å². The fourth-order valence-electron chi connectivity index (χ4n) is 4.58. The minimum Gasteiger partial charge on any atom is -0.377 e. The van der Waals surface area contributed by atoms with Crippen LogP contribution in [0.4, 0.5) is 0 Å². The molecule has 0 radical (unpaired) electrons. The summed E-state index contributed by atoms with van der Waals surface area (Å²) in [5.41, 5.74) is 5.91. The zero-order valence-electron chi connectivity index (χ0n) is 18.5. The molecule has 0 saturated heterocycles. The first-order chi connectivity index (χ1) is 16.1. The highest BCUT2D eigenvalue weighted by molar-refractivity contribution is 5.86. The number of amidine groups is 1. The predicted octanol–water partition coefficient (Wildman–Crippen LogP) is 3.01. The Morgan fingerprint density at radius 1 is 1.21 bits per heavy atom. The van der Waals surface area contributed by atoms with Gasteiger partial charge in [0.15, 0.2) is 17.4 Å². The van der Waals surface area contributed by atoms with Crippen LogP contribution >= 0.6 is 0 Å². The maximum atomic E-state index is 5.46. The van der Waals surface area contributed by atoms with E-state index in [2.05, 4.69) is 53.8 Å². The number of methoxy groups -OCH3 is 1. The quantitative estimate of drug-likeness (QED) is 0.476. The lowest BCUT2D eigenvalue weighted by molar-refractivity contribution is 0.152. The van der Waals surface area contributed by atoms with Crippen molar-refractivity contribution in [3.8, 4) is 28.4 Å². The van der Waals surface area contributed by atoms with Crippen molar-refractivity contribution in [2.45, 2.75) is 19.6 Å². The van der Waals surface area contributed by atoms with Crippen LogP contribution in [0, 0.1) is 6.92 Å². The molecule has 2 aliphatic heterocycles. The fraction of sp³-hybridized carbons (Fsp3) is 0.261. The second-order valence-electron chi connectivity index (χ2n) is 8.10. The van der Waals surface area contributed by atoms with Gasteiger partial charge in [0, 0.05) is 37.7 Å². The average Bonchev–Trinajstić information content (AvgIpc) is 3.50. The van der Waals surface area contributed by atoms with E-state index in [1.54, 1.807) is 20.2 Å². The number of rotatable bonds is 4. The molecule has 2 aliphatic rings. The van der Waals surface area contributed by atoms with Gasteiger partial charge in [-0.15, -0.1) is 0 Å². The van der Waals surface area contributed by atoms with E-state index < -0.39 is 0 Å². The lowest BCUT2D eigenvalue weighted by Gasteiger charge is -2.29. The van der Waals surface area contributed by atoms with E-state index >= 15 is 0 Å². The summed E-state index contributed by atoms with van der Waals surface area (Å²) in [6.07, 6.45) is 5.38. The molecule has 0 aliphatic carbocycles. The van der Waals surface area contributed by atoms with Crippen LogP contribution in [0.15, 0.2) is 58.7 Å². The second kappa shape index (κ2) is 7.52. The summed E-state index contributed by atoms with van der Waals surface area (Å²) in [4.78, 5) is 15.6. The molecule has 166 valence electrons. The number of hydrogen-bond acceptors (Lipinski definition) is 9. The number of hydrazone groups is 1. The Balaban J connectivity index is 1.56. The number of pyridine rings is 1. The molecule has 1 aromatic carbocycles. The average molecular weight is 442 g/mol. The summed E-state index contributed by atoms with van der Waals surface area (Å²) in [6, 6.07) is 10.4. The fourth-order valence-corrected chi connectivity index (χ4v) is 4.58. The standard InChI is InChI=1S/C23H22N8O2/c1-14-26-22(33-28-14)21-19-11-30-20(12-32-3)27-29(2)23(30)17-9-15(16-5-4-8-24-10-16)6-7-18(17)31(19)13-25-21/h4-10,13,23H,11-12H2,1-3H3. The normalized spacial score (nSPS) is 16.8. The molecule has 33 heavy (non-hydrogen) atoms. The highest BCUT2D eigenvalue weighted by Gasteiger charge is 2.39. The zero-order valence-corrected chi connectivity index (χ0v) is 18.5. The molecule has 6 rings (SSSR count). The highest BCUT2D eigenvalue weighted by Crippen LogP contribution is 2.41. The topological polar surface area (TPSA) is 97.7 Å². The van der Waals surface area contributed by atoms with Crippen molar-refractivity contribution in [3.05, 3.63) is 66.1 Å². The largest absolute Gasteiger partial charge is 0.377 e. The molecule has 0 amide bonds. The summed E-state index contributed by atoms with van der Waals surface area (Å²) in [7, 11) is 3.67. The summed E-state index contributed by atoms with van der Waals surface area (Å²) in [6.45, 7) is 2.76. The molecule has 0 bridgehead atoms. The number of aryl methyl sites for hydroxylation is 1. The lowest BCUT2D eigenvalue weighted by atomic mass is 10.0. The number of fused-ring (bicyclic) bond motifs is 5. The molecule has 0 spiro atoms. The third kappa shape index (κ3) is 3.10. The summed E-state index contributed by atoms with van der Waals surface area (Å²) in [5, 5.41) is 10.7. The van der Waals surface area contributed by atoms with Gasteiger partial charge in [-0.05, 0) is 30.7 Å². The van der Waals surface area contributed by atoms with Crippen LogP contribution in [0.5, 0.6) is 0 Å². The van der Waals surface area contributed by atoms with Crippen LogP contribution < -0.4 is 0 Å². The number of hydrogen-bond donors (Lipinski definition) is 0. The van der Waals surface area contributed by atoms with Crippen molar-refractivity contribution >= 4 is 5.84 Å². The third-order valence-electron chi connectivity index (χ3n) is 6.00. The third-order valence-corrected chi connectivity index (χ3v) is 6.00. The minimum atomic E-state index is -0.0982. The number of imidazole rings is 1. The molecular formula is C23H22N8O2. The Bertz CT molecular complexity index is 1360. The van der Waals surface area contributed by atoms with Gasteiger partial charge in [-0.3, -0.25) is 9.99 Å².